The lowest BCUT2D eigenvalue weighted by Crippen LogP contribution is -2.44. The third kappa shape index (κ3) is 5.58. The Morgan fingerprint density at radius 3 is 2.36 bits per heavy atom. The minimum absolute atomic E-state index is 0.142. The fraction of sp³-hybridized carbons (Fsp3) is 0.241. The normalized spacial score (nSPS) is 14.9. The van der Waals surface area contributed by atoms with Crippen LogP contribution < -0.4 is 15.5 Å². The van der Waals surface area contributed by atoms with E-state index in [0.717, 1.165) is 37.3 Å². The van der Waals surface area contributed by atoms with Gasteiger partial charge in [-0.2, -0.15) is 0 Å². The first-order chi connectivity index (χ1) is 17.7. The molecule has 2 aromatic carbocycles. The summed E-state index contributed by atoms with van der Waals surface area (Å²) >= 11 is 0. The summed E-state index contributed by atoms with van der Waals surface area (Å²) in [6.07, 6.45) is 10.4. The van der Waals surface area contributed by atoms with Crippen molar-refractivity contribution in [1.29, 1.82) is 0 Å². The Bertz CT molecular complexity index is 1270. The number of carbonyl (C=O) groups is 1. The van der Waals surface area contributed by atoms with Crippen molar-refractivity contribution in [2.24, 2.45) is 0 Å². The highest BCUT2D eigenvalue weighted by molar-refractivity contribution is 6.02. The van der Waals surface area contributed by atoms with Crippen LogP contribution >= 0.6 is 0 Å². The lowest BCUT2D eigenvalue weighted by atomic mass is 9.93. The zero-order valence-electron chi connectivity index (χ0n) is 20.3. The maximum Gasteiger partial charge on any atom is 0.275 e. The summed E-state index contributed by atoms with van der Waals surface area (Å²) in [5, 5.41) is 6.81. The average molecular weight is 479 g/mol. The quantitative estimate of drug-likeness (QED) is 0.398. The minimum Gasteiger partial charge on any atom is -0.371 e. The summed E-state index contributed by atoms with van der Waals surface area (Å²) in [5.41, 5.74) is 6.04. The van der Waals surface area contributed by atoms with Crippen molar-refractivity contribution < 1.29 is 4.79 Å². The highest BCUT2D eigenvalue weighted by Gasteiger charge is 2.24. The summed E-state index contributed by atoms with van der Waals surface area (Å²) in [7, 11) is 0. The first-order valence-electron chi connectivity index (χ1n) is 12.3. The number of hydrogen-bond acceptors (Lipinski definition) is 6. The highest BCUT2D eigenvalue weighted by atomic mass is 16.1. The average Bonchev–Trinajstić information content (AvgIpc) is 2.94. The third-order valence-corrected chi connectivity index (χ3v) is 6.72. The van der Waals surface area contributed by atoms with Crippen LogP contribution in [-0.2, 0) is 0 Å². The molecule has 0 saturated carbocycles. The van der Waals surface area contributed by atoms with Crippen LogP contribution in [0, 0.1) is 6.92 Å². The van der Waals surface area contributed by atoms with E-state index in [1.54, 1.807) is 6.20 Å². The van der Waals surface area contributed by atoms with E-state index in [-0.39, 0.29) is 11.9 Å². The molecule has 1 unspecified atom stereocenters. The number of nitrogens with one attached hydrogen (secondary N) is 2. The molecule has 0 bridgehead atoms. The van der Waals surface area contributed by atoms with Crippen LogP contribution in [0.5, 0.6) is 0 Å². The molecule has 1 aliphatic heterocycles. The van der Waals surface area contributed by atoms with Crippen molar-refractivity contribution in [3.05, 3.63) is 114 Å². The summed E-state index contributed by atoms with van der Waals surface area (Å²) < 4.78 is 0. The second-order valence-electron chi connectivity index (χ2n) is 9.09. The van der Waals surface area contributed by atoms with Crippen LogP contribution in [0.3, 0.4) is 0 Å². The number of pyridine rings is 1. The van der Waals surface area contributed by atoms with Crippen molar-refractivity contribution in [2.75, 3.05) is 23.3 Å². The van der Waals surface area contributed by atoms with Crippen molar-refractivity contribution in [2.45, 2.75) is 31.8 Å². The predicted octanol–water partition coefficient (Wildman–Crippen LogP) is 4.78. The van der Waals surface area contributed by atoms with Gasteiger partial charge in [-0.3, -0.25) is 14.8 Å². The lowest BCUT2D eigenvalue weighted by Gasteiger charge is -2.36. The van der Waals surface area contributed by atoms with E-state index in [1.165, 1.54) is 29.1 Å². The largest absolute Gasteiger partial charge is 0.371 e. The summed E-state index contributed by atoms with van der Waals surface area (Å²) in [6.45, 7) is 4.12. The zero-order valence-corrected chi connectivity index (χ0v) is 20.3. The summed E-state index contributed by atoms with van der Waals surface area (Å²) in [5.74, 6) is -0.264. The maximum absolute atomic E-state index is 12.3. The van der Waals surface area contributed by atoms with Crippen LogP contribution in [0.2, 0.25) is 0 Å². The number of aryl methyl sites for hydroxylation is 1. The molecule has 4 aromatic rings. The fourth-order valence-electron chi connectivity index (χ4n) is 4.74. The number of aromatic nitrogens is 3. The van der Waals surface area contributed by atoms with Crippen molar-refractivity contribution in [1.82, 2.24) is 20.3 Å². The van der Waals surface area contributed by atoms with E-state index in [0.29, 0.717) is 11.7 Å². The van der Waals surface area contributed by atoms with Crippen molar-refractivity contribution >= 4 is 17.3 Å². The van der Waals surface area contributed by atoms with E-state index in [4.69, 9.17) is 0 Å². The maximum atomic E-state index is 12.3. The van der Waals surface area contributed by atoms with Gasteiger partial charge < -0.3 is 15.5 Å². The molecule has 2 aromatic heterocycles. The number of anilines is 2. The number of rotatable bonds is 7. The Morgan fingerprint density at radius 2 is 1.67 bits per heavy atom. The van der Waals surface area contributed by atoms with Crippen LogP contribution in [0.4, 0.5) is 11.4 Å². The molecule has 3 heterocycles. The predicted molar refractivity (Wildman–Crippen MR) is 142 cm³/mol. The van der Waals surface area contributed by atoms with Gasteiger partial charge in [0.25, 0.3) is 5.91 Å². The van der Waals surface area contributed by atoms with Crippen LogP contribution in [0.15, 0.2) is 91.6 Å². The van der Waals surface area contributed by atoms with E-state index < -0.39 is 0 Å². The molecular formula is C29H30N6O. The van der Waals surface area contributed by atoms with Gasteiger partial charge in [0.1, 0.15) is 5.69 Å². The van der Waals surface area contributed by atoms with E-state index in [1.807, 2.05) is 24.5 Å². The van der Waals surface area contributed by atoms with Gasteiger partial charge in [0, 0.05) is 55.3 Å². The smallest absolute Gasteiger partial charge is 0.275 e. The molecule has 36 heavy (non-hydrogen) atoms. The molecule has 5 rings (SSSR count). The van der Waals surface area contributed by atoms with Crippen molar-refractivity contribution in [3.8, 4) is 0 Å². The van der Waals surface area contributed by atoms with Crippen molar-refractivity contribution in [3.63, 3.8) is 0 Å². The van der Waals surface area contributed by atoms with Gasteiger partial charge in [-0.1, -0.05) is 24.3 Å². The molecule has 1 aliphatic rings. The molecular weight excluding hydrogens is 448 g/mol. The molecule has 0 aliphatic carbocycles. The Labute approximate surface area is 211 Å². The number of nitrogens with zero attached hydrogens (tertiary/aromatic N) is 4. The second kappa shape index (κ2) is 11.1. The highest BCUT2D eigenvalue weighted by Crippen LogP contribution is 2.28. The first-order valence-corrected chi connectivity index (χ1v) is 12.3. The van der Waals surface area contributed by atoms with E-state index in [2.05, 4.69) is 85.9 Å². The monoisotopic (exact) mass is 478 g/mol. The first kappa shape index (κ1) is 23.6. The molecule has 0 spiro atoms. The summed E-state index contributed by atoms with van der Waals surface area (Å²) in [4.78, 5) is 26.9. The second-order valence-corrected chi connectivity index (χ2v) is 9.09. The Balaban J connectivity index is 1.20. The molecule has 2 N–H and O–H groups in total. The molecule has 0 radical (unpaired) electrons. The number of benzene rings is 2. The number of amides is 1. The van der Waals surface area contributed by atoms with Crippen LogP contribution in [0.25, 0.3) is 0 Å². The topological polar surface area (TPSA) is 83.0 Å². The Kier molecular flexibility index (Phi) is 7.28. The zero-order chi connectivity index (χ0) is 24.7. The fourth-order valence-corrected chi connectivity index (χ4v) is 4.74. The lowest BCUT2D eigenvalue weighted by molar-refractivity contribution is 0.102. The van der Waals surface area contributed by atoms with Crippen LogP contribution in [0.1, 0.15) is 46.1 Å². The molecule has 1 saturated heterocycles. The molecule has 1 fully saturated rings. The molecule has 7 nitrogen and oxygen atoms in total. The van der Waals surface area contributed by atoms with E-state index >= 15 is 0 Å². The number of hydrogen-bond donors (Lipinski definition) is 2. The molecule has 1 atom stereocenters. The summed E-state index contributed by atoms with van der Waals surface area (Å²) in [6, 6.07) is 21.4. The van der Waals surface area contributed by atoms with Gasteiger partial charge in [-0.05, 0) is 72.9 Å². The SMILES string of the molecule is Cc1ccccc1C(NC1CCN(c2ccc(NC(=O)c3cnccn3)cc2)CC1)c1ccncc1. The Morgan fingerprint density at radius 1 is 0.917 bits per heavy atom. The Hall–Kier alpha value is -4.10. The molecule has 1 amide bonds. The van der Waals surface area contributed by atoms with Gasteiger partial charge in [-0.25, -0.2) is 4.98 Å². The van der Waals surface area contributed by atoms with Gasteiger partial charge >= 0.3 is 0 Å². The van der Waals surface area contributed by atoms with Crippen LogP contribution in [-0.4, -0.2) is 40.0 Å². The standard InChI is InChI=1S/C29H30N6O/c1-21-4-2-3-5-26(21)28(22-10-14-30-15-11-22)33-24-12-18-35(19-13-24)25-8-6-23(7-9-25)34-29(36)27-20-31-16-17-32-27/h2-11,14-17,20,24,28,33H,12-13,18-19H2,1H3,(H,34,36). The van der Waals surface area contributed by atoms with Gasteiger partial charge in [0.2, 0.25) is 0 Å². The number of carbonyl (C=O) groups excluding carboxylic acids is 1. The molecule has 7 heteroatoms. The van der Waals surface area contributed by atoms with Gasteiger partial charge in [-0.15, -0.1) is 0 Å². The van der Waals surface area contributed by atoms with E-state index in [9.17, 15) is 4.79 Å². The molecule has 182 valence electrons. The third-order valence-electron chi connectivity index (χ3n) is 6.72. The number of piperidine rings is 1. The van der Waals surface area contributed by atoms with Gasteiger partial charge in [0.05, 0.1) is 12.2 Å². The van der Waals surface area contributed by atoms with Gasteiger partial charge in [0.15, 0.2) is 0 Å². The minimum atomic E-state index is -0.264.